The standard InChI is InChI=1S/C129H79N13/c130-80-82-27-29-84(30-28-82)85-31-43-91(44-32-85)108-71-73-111(117-24-9-7-21-114(108)117)96-53-69-106(70-54-96)129-141-125(102-59-39-88(40-60-102)86-35-55-100(56-36-86)123-134-121(97-16-3-1-4-17-97)136-127(138-123)104-65-49-94(50-66-104)112-74-72-109(115-22-8-10-25-118(112)115)92-45-33-90(34-46-92)107-20-13-15-83(79-107)81-131)140-126(142-129)103-61-41-89(42-62-103)87-37-57-101(58-38-87)124-135-122(98-18-5-2-6-19-98)137-128(139-124)105-67-51-95(52-68-105)113-76-75-110(116-23-11-12-26-119(113)116)93-47-63-99(64-48-93)120-132-77-14-78-133-120/h1-79H. The van der Waals surface area contributed by atoms with E-state index in [1.54, 1.807) is 12.4 Å². The van der Waals surface area contributed by atoms with Crippen molar-refractivity contribution in [2.24, 2.45) is 0 Å². The van der Waals surface area contributed by atoms with E-state index in [-0.39, 0.29) is 0 Å². The fourth-order valence-corrected chi connectivity index (χ4v) is 19.0. The number of rotatable bonds is 20. The Balaban J connectivity index is 0.517. The molecule has 0 saturated carbocycles. The van der Waals surface area contributed by atoms with Gasteiger partial charge in [-0.1, -0.05) is 437 Å². The number of nitriles is 2. The highest BCUT2D eigenvalue weighted by Gasteiger charge is 2.22. The van der Waals surface area contributed by atoms with Gasteiger partial charge in [-0.05, 0) is 174 Å². The van der Waals surface area contributed by atoms with Crippen LogP contribution in [0.3, 0.4) is 0 Å². The minimum Gasteiger partial charge on any atom is -0.237 e. The van der Waals surface area contributed by atoms with Crippen molar-refractivity contribution in [3.05, 3.63) is 491 Å². The van der Waals surface area contributed by atoms with Crippen molar-refractivity contribution in [3.8, 4) is 237 Å². The molecule has 24 aromatic rings. The Morgan fingerprint density at radius 2 is 0.303 bits per heavy atom. The molecule has 0 aliphatic carbocycles. The quantitative estimate of drug-likeness (QED) is 0.0701. The molecular formula is C129H79N13. The van der Waals surface area contributed by atoms with Crippen LogP contribution >= 0.6 is 0 Å². The Labute approximate surface area is 820 Å². The highest BCUT2D eigenvalue weighted by Crippen LogP contribution is 2.44. The Bertz CT molecular complexity index is 8900. The summed E-state index contributed by atoms with van der Waals surface area (Å²) in [5.74, 6) is 5.68. The van der Waals surface area contributed by atoms with E-state index < -0.39 is 0 Å². The molecule has 0 unspecified atom stereocenters. The van der Waals surface area contributed by atoms with Gasteiger partial charge in [0.25, 0.3) is 0 Å². The molecule has 13 nitrogen and oxygen atoms in total. The predicted molar refractivity (Wildman–Crippen MR) is 573 cm³/mol. The van der Waals surface area contributed by atoms with Gasteiger partial charge in [-0.3, -0.25) is 0 Å². The molecule has 660 valence electrons. The number of fused-ring (bicyclic) bond motifs is 3. The van der Waals surface area contributed by atoms with Gasteiger partial charge in [-0.15, -0.1) is 0 Å². The monoisotopic (exact) mass is 1810 g/mol. The van der Waals surface area contributed by atoms with E-state index in [0.29, 0.717) is 69.4 Å². The molecule has 0 aliphatic heterocycles. The molecule has 0 bridgehead atoms. The zero-order chi connectivity index (χ0) is 94.8. The topological polar surface area (TPSA) is 189 Å². The maximum absolute atomic E-state index is 9.56. The van der Waals surface area contributed by atoms with E-state index in [4.69, 9.17) is 44.9 Å². The van der Waals surface area contributed by atoms with Crippen LogP contribution in [0.1, 0.15) is 11.1 Å². The highest BCUT2D eigenvalue weighted by atomic mass is 15.1. The van der Waals surface area contributed by atoms with E-state index in [2.05, 4.69) is 374 Å². The van der Waals surface area contributed by atoms with Gasteiger partial charge in [0.05, 0.1) is 23.3 Å². The third-order valence-corrected chi connectivity index (χ3v) is 26.4. The second kappa shape index (κ2) is 37.5. The fourth-order valence-electron chi connectivity index (χ4n) is 19.0. The lowest BCUT2D eigenvalue weighted by molar-refractivity contribution is 1.07. The van der Waals surface area contributed by atoms with Crippen LogP contribution in [-0.2, 0) is 0 Å². The van der Waals surface area contributed by atoms with Crippen LogP contribution < -0.4 is 0 Å². The minimum atomic E-state index is 0.526. The lowest BCUT2D eigenvalue weighted by Gasteiger charge is -2.13. The van der Waals surface area contributed by atoms with Crippen molar-refractivity contribution in [2.45, 2.75) is 0 Å². The summed E-state index contributed by atoms with van der Waals surface area (Å²) in [6.45, 7) is 0. The molecule has 0 aliphatic rings. The second-order valence-electron chi connectivity index (χ2n) is 35.0. The van der Waals surface area contributed by atoms with Gasteiger partial charge >= 0.3 is 0 Å². The molecule has 142 heavy (non-hydrogen) atoms. The van der Waals surface area contributed by atoms with Crippen molar-refractivity contribution in [1.82, 2.24) is 54.8 Å². The van der Waals surface area contributed by atoms with Crippen molar-refractivity contribution < 1.29 is 0 Å². The normalized spacial score (nSPS) is 11.2. The van der Waals surface area contributed by atoms with Crippen LogP contribution in [0.2, 0.25) is 0 Å². The van der Waals surface area contributed by atoms with Crippen LogP contribution in [0.15, 0.2) is 480 Å². The SMILES string of the molecule is N#Cc1ccc(-c2ccc(-c3ccc(-c4ccc(-c5nc(-c6ccc(-c7ccc(-c8nc(-c9ccccc9)nc(-c9ccc(-c%10ccc(-c%11ccc(-c%12cccc(C#N)c%12)cc%11)c%11ccccc%10%11)cc9)n8)cc7)cc6)nc(-c6ccc(-c7ccc(-c8nc(-c9ccccc9)nc(-c9ccc(-c%10ccc(-c%11ccc(-c%12ncccn%12)cc%11)c%11ccccc%10%11)cc9)n8)cc7)cc6)n5)cc4)c4ccccc34)cc2)cc1. The molecule has 0 fully saturated rings. The van der Waals surface area contributed by atoms with E-state index in [9.17, 15) is 10.5 Å². The first-order valence-electron chi connectivity index (χ1n) is 47.0. The first kappa shape index (κ1) is 85.2. The van der Waals surface area contributed by atoms with Gasteiger partial charge in [0.15, 0.2) is 58.2 Å². The summed E-state index contributed by atoms with van der Waals surface area (Å²) >= 11 is 0. The molecule has 24 rings (SSSR count). The Morgan fingerprint density at radius 3 is 0.528 bits per heavy atom. The average molecular weight is 1810 g/mol. The van der Waals surface area contributed by atoms with Gasteiger partial charge in [-0.25, -0.2) is 54.8 Å². The maximum Gasteiger partial charge on any atom is 0.164 e. The maximum atomic E-state index is 9.56. The zero-order valence-electron chi connectivity index (χ0n) is 76.4. The van der Waals surface area contributed by atoms with Crippen molar-refractivity contribution in [3.63, 3.8) is 0 Å². The van der Waals surface area contributed by atoms with Gasteiger partial charge in [-0.2, -0.15) is 10.5 Å². The van der Waals surface area contributed by atoms with Crippen LogP contribution in [0.25, 0.3) is 257 Å². The summed E-state index contributed by atoms with van der Waals surface area (Å²) in [6, 6.07) is 166. The minimum absolute atomic E-state index is 0.526. The van der Waals surface area contributed by atoms with E-state index in [0.717, 1.165) is 199 Å². The largest absolute Gasteiger partial charge is 0.237 e. The smallest absolute Gasteiger partial charge is 0.164 e. The van der Waals surface area contributed by atoms with Crippen molar-refractivity contribution >= 4 is 32.3 Å². The Kier molecular flexibility index (Phi) is 22.5. The summed E-state index contributed by atoms with van der Waals surface area (Å²) in [4.78, 5) is 55.7. The number of benzene rings is 20. The van der Waals surface area contributed by atoms with Crippen molar-refractivity contribution in [2.75, 3.05) is 0 Å². The molecule has 4 heterocycles. The molecule has 13 heteroatoms. The van der Waals surface area contributed by atoms with Gasteiger partial charge in [0.2, 0.25) is 0 Å². The predicted octanol–water partition coefficient (Wildman–Crippen LogP) is 31.6. The number of aromatic nitrogens is 11. The molecule has 0 spiro atoms. The first-order valence-corrected chi connectivity index (χ1v) is 47.0. The van der Waals surface area contributed by atoms with E-state index in [1.165, 1.54) is 0 Å². The van der Waals surface area contributed by atoms with Crippen LogP contribution in [0.5, 0.6) is 0 Å². The molecule has 4 aromatic heterocycles. The number of hydrogen-bond donors (Lipinski definition) is 0. The van der Waals surface area contributed by atoms with E-state index in [1.807, 2.05) is 115 Å². The zero-order valence-corrected chi connectivity index (χ0v) is 76.4. The molecule has 0 saturated heterocycles. The van der Waals surface area contributed by atoms with Crippen LogP contribution in [-0.4, -0.2) is 54.8 Å². The van der Waals surface area contributed by atoms with Gasteiger partial charge in [0.1, 0.15) is 0 Å². The summed E-state index contributed by atoms with van der Waals surface area (Å²) in [5, 5.41) is 25.9. The Morgan fingerprint density at radius 1 is 0.127 bits per heavy atom. The summed E-state index contributed by atoms with van der Waals surface area (Å²) in [6.07, 6.45) is 3.53. The molecule has 20 aromatic carbocycles. The van der Waals surface area contributed by atoms with Crippen molar-refractivity contribution in [1.29, 1.82) is 10.5 Å². The lowest BCUT2D eigenvalue weighted by Crippen LogP contribution is -2.00. The average Bonchev–Trinajstić information content (AvgIpc) is 0.771. The molecular weight excluding hydrogens is 1730 g/mol. The third-order valence-electron chi connectivity index (χ3n) is 26.4. The summed E-state index contributed by atoms with van der Waals surface area (Å²) in [5.41, 5.74) is 31.5. The highest BCUT2D eigenvalue weighted by molar-refractivity contribution is 6.08. The number of nitrogens with zero attached hydrogens (tertiary/aromatic N) is 13. The fraction of sp³-hybridized carbons (Fsp3) is 0. The third kappa shape index (κ3) is 17.1. The van der Waals surface area contributed by atoms with Gasteiger partial charge in [0, 0.05) is 68.0 Å². The van der Waals surface area contributed by atoms with Gasteiger partial charge < -0.3 is 0 Å². The molecule has 0 amide bonds. The van der Waals surface area contributed by atoms with E-state index >= 15 is 0 Å². The molecule has 0 atom stereocenters. The lowest BCUT2D eigenvalue weighted by atomic mass is 9.91. The summed E-state index contributed by atoms with van der Waals surface area (Å²) in [7, 11) is 0. The molecule has 0 radical (unpaired) electrons. The van der Waals surface area contributed by atoms with Crippen LogP contribution in [0, 0.1) is 22.7 Å². The first-order chi connectivity index (χ1) is 70.2. The number of hydrogen-bond acceptors (Lipinski definition) is 13. The Hall–Kier alpha value is -19.7. The molecule has 0 N–H and O–H groups in total. The second-order valence-corrected chi connectivity index (χ2v) is 35.0. The summed E-state index contributed by atoms with van der Waals surface area (Å²) < 4.78 is 0. The van der Waals surface area contributed by atoms with Crippen LogP contribution in [0.4, 0.5) is 0 Å².